The maximum Gasteiger partial charge on any atom is 0.248 e. The zero-order valence-electron chi connectivity index (χ0n) is 12.0. The number of rotatable bonds is 4. The second kappa shape index (κ2) is 5.75. The summed E-state index contributed by atoms with van der Waals surface area (Å²) in [6.07, 6.45) is 3.92. The van der Waals surface area contributed by atoms with Crippen molar-refractivity contribution in [3.8, 4) is 0 Å². The van der Waals surface area contributed by atoms with Crippen LogP contribution in [0.2, 0.25) is 0 Å². The van der Waals surface area contributed by atoms with Crippen LogP contribution in [0.4, 0.5) is 14.5 Å². The van der Waals surface area contributed by atoms with Gasteiger partial charge in [0.05, 0.1) is 0 Å². The summed E-state index contributed by atoms with van der Waals surface area (Å²) >= 11 is 0. The van der Waals surface area contributed by atoms with Gasteiger partial charge in [0, 0.05) is 23.7 Å². The topological polar surface area (TPSA) is 42.2 Å². The van der Waals surface area contributed by atoms with Crippen molar-refractivity contribution in [2.45, 2.75) is 19.3 Å². The number of amides is 1. The Morgan fingerprint density at radius 1 is 1.27 bits per heavy atom. The van der Waals surface area contributed by atoms with Crippen LogP contribution in [-0.2, 0) is 4.79 Å². The van der Waals surface area contributed by atoms with Crippen LogP contribution in [0, 0.1) is 17.6 Å². The third-order valence-corrected chi connectivity index (χ3v) is 3.65. The molecular weight excluding hydrogens is 288 g/mol. The van der Waals surface area contributed by atoms with Gasteiger partial charge in [-0.15, -0.1) is 0 Å². The van der Waals surface area contributed by atoms with Gasteiger partial charge in [0.15, 0.2) is 0 Å². The van der Waals surface area contributed by atoms with E-state index < -0.39 is 17.5 Å². The molecule has 1 heterocycles. The molecule has 3 nitrogen and oxygen atoms in total. The Labute approximate surface area is 126 Å². The van der Waals surface area contributed by atoms with Gasteiger partial charge in [-0.2, -0.15) is 0 Å². The van der Waals surface area contributed by atoms with E-state index in [1.54, 1.807) is 6.07 Å². The lowest BCUT2D eigenvalue weighted by atomic mass is 10.3. The number of anilines is 1. The standard InChI is InChI=1S/C17H15F2NO2/c1-10-6-15(10)16-4-2-14(22-16)3-5-17(21)20-13-8-11(18)7-12(19)9-13/h2-5,7-10,15H,6H2,1H3,(H,20,21)/b5-3+. The van der Waals surface area contributed by atoms with Crippen LogP contribution < -0.4 is 5.32 Å². The Morgan fingerprint density at radius 3 is 2.59 bits per heavy atom. The van der Waals surface area contributed by atoms with Crippen LogP contribution in [0.15, 0.2) is 40.8 Å². The smallest absolute Gasteiger partial charge is 0.248 e. The molecule has 1 amide bonds. The number of furan rings is 1. The summed E-state index contributed by atoms with van der Waals surface area (Å²) in [5, 5.41) is 2.40. The molecule has 2 atom stereocenters. The SMILES string of the molecule is CC1CC1c1ccc(/C=C/C(=O)Nc2cc(F)cc(F)c2)o1. The highest BCUT2D eigenvalue weighted by atomic mass is 19.1. The molecule has 3 rings (SSSR count). The van der Waals surface area contributed by atoms with E-state index in [-0.39, 0.29) is 5.69 Å². The molecule has 1 saturated carbocycles. The van der Waals surface area contributed by atoms with E-state index in [1.165, 1.54) is 12.2 Å². The average Bonchev–Trinajstić information content (AvgIpc) is 2.98. The maximum absolute atomic E-state index is 13.0. The first-order valence-electron chi connectivity index (χ1n) is 7.06. The Kier molecular flexibility index (Phi) is 3.79. The van der Waals surface area contributed by atoms with E-state index in [4.69, 9.17) is 4.42 Å². The minimum absolute atomic E-state index is 0.0686. The Morgan fingerprint density at radius 2 is 1.95 bits per heavy atom. The fraction of sp³-hybridized carbons (Fsp3) is 0.235. The van der Waals surface area contributed by atoms with Crippen molar-refractivity contribution in [3.05, 3.63) is 59.6 Å². The number of carbonyl (C=O) groups excluding carboxylic acids is 1. The fourth-order valence-corrected chi connectivity index (χ4v) is 2.34. The minimum atomic E-state index is -0.742. The molecule has 1 aliphatic carbocycles. The van der Waals surface area contributed by atoms with Crippen molar-refractivity contribution in [2.24, 2.45) is 5.92 Å². The highest BCUT2D eigenvalue weighted by molar-refractivity contribution is 6.01. The highest BCUT2D eigenvalue weighted by Gasteiger charge is 2.36. The van der Waals surface area contributed by atoms with Crippen LogP contribution in [-0.4, -0.2) is 5.91 Å². The molecule has 0 bridgehead atoms. The maximum atomic E-state index is 13.0. The first-order chi connectivity index (χ1) is 10.5. The van der Waals surface area contributed by atoms with Crippen LogP contribution >= 0.6 is 0 Å². The van der Waals surface area contributed by atoms with Crippen molar-refractivity contribution >= 4 is 17.7 Å². The van der Waals surface area contributed by atoms with Crippen LogP contribution in [0.3, 0.4) is 0 Å². The summed E-state index contributed by atoms with van der Waals surface area (Å²) in [5.41, 5.74) is 0.0686. The minimum Gasteiger partial charge on any atom is -0.461 e. The molecule has 1 aromatic carbocycles. The first kappa shape index (κ1) is 14.5. The van der Waals surface area contributed by atoms with E-state index >= 15 is 0 Å². The lowest BCUT2D eigenvalue weighted by Crippen LogP contribution is -2.08. The van der Waals surface area contributed by atoms with Gasteiger partial charge < -0.3 is 9.73 Å². The van der Waals surface area contributed by atoms with Gasteiger partial charge in [0.25, 0.3) is 0 Å². The third-order valence-electron chi connectivity index (χ3n) is 3.65. The van der Waals surface area contributed by atoms with Gasteiger partial charge in [0.1, 0.15) is 23.2 Å². The monoisotopic (exact) mass is 303 g/mol. The largest absolute Gasteiger partial charge is 0.461 e. The molecule has 0 saturated heterocycles. The number of benzene rings is 1. The predicted octanol–water partition coefficient (Wildman–Crippen LogP) is 4.33. The van der Waals surface area contributed by atoms with E-state index in [9.17, 15) is 13.6 Å². The number of nitrogens with one attached hydrogen (secondary N) is 1. The van der Waals surface area contributed by atoms with Gasteiger partial charge in [0.2, 0.25) is 5.91 Å². The Balaban J connectivity index is 1.62. The van der Waals surface area contributed by atoms with Gasteiger partial charge in [-0.1, -0.05) is 6.92 Å². The zero-order valence-corrected chi connectivity index (χ0v) is 12.0. The van der Waals surface area contributed by atoms with E-state index in [0.717, 1.165) is 30.4 Å². The Bertz CT molecular complexity index is 716. The second-order valence-corrected chi connectivity index (χ2v) is 5.54. The van der Waals surface area contributed by atoms with Crippen molar-refractivity contribution in [2.75, 3.05) is 5.32 Å². The summed E-state index contributed by atoms with van der Waals surface area (Å²) in [4.78, 5) is 11.7. The molecule has 5 heteroatoms. The number of carbonyl (C=O) groups is 1. The molecule has 0 spiro atoms. The number of halogens is 2. The van der Waals surface area contributed by atoms with Crippen molar-refractivity contribution in [1.29, 1.82) is 0 Å². The quantitative estimate of drug-likeness (QED) is 0.854. The normalized spacial score (nSPS) is 20.3. The van der Waals surface area contributed by atoms with Gasteiger partial charge in [-0.3, -0.25) is 4.79 Å². The zero-order chi connectivity index (χ0) is 15.7. The van der Waals surface area contributed by atoms with E-state index in [1.807, 2.05) is 6.07 Å². The summed E-state index contributed by atoms with van der Waals surface area (Å²) < 4.78 is 31.7. The molecule has 0 radical (unpaired) electrons. The number of hydrogen-bond donors (Lipinski definition) is 1. The lowest BCUT2D eigenvalue weighted by molar-refractivity contribution is -0.111. The van der Waals surface area contributed by atoms with Crippen LogP contribution in [0.1, 0.15) is 30.8 Å². The molecule has 1 N–H and O–H groups in total. The summed E-state index contributed by atoms with van der Waals surface area (Å²) in [5.74, 6) is 0.666. The highest BCUT2D eigenvalue weighted by Crippen LogP contribution is 2.47. The predicted molar refractivity (Wildman–Crippen MR) is 79.3 cm³/mol. The first-order valence-corrected chi connectivity index (χ1v) is 7.06. The van der Waals surface area contributed by atoms with Gasteiger partial charge >= 0.3 is 0 Å². The molecule has 2 aromatic rings. The molecule has 1 fully saturated rings. The lowest BCUT2D eigenvalue weighted by Gasteiger charge is -2.02. The van der Waals surface area contributed by atoms with Crippen molar-refractivity contribution in [1.82, 2.24) is 0 Å². The Hall–Kier alpha value is -2.43. The summed E-state index contributed by atoms with van der Waals surface area (Å²) in [6.45, 7) is 2.16. The van der Waals surface area contributed by atoms with Crippen molar-refractivity contribution in [3.63, 3.8) is 0 Å². The van der Waals surface area contributed by atoms with Gasteiger partial charge in [-0.05, 0) is 42.7 Å². The molecular formula is C17H15F2NO2. The van der Waals surface area contributed by atoms with Crippen LogP contribution in [0.25, 0.3) is 6.08 Å². The molecule has 0 aliphatic heterocycles. The fourth-order valence-electron chi connectivity index (χ4n) is 2.34. The summed E-state index contributed by atoms with van der Waals surface area (Å²) in [7, 11) is 0. The molecule has 114 valence electrons. The second-order valence-electron chi connectivity index (χ2n) is 5.54. The molecule has 1 aromatic heterocycles. The van der Waals surface area contributed by atoms with E-state index in [2.05, 4.69) is 12.2 Å². The molecule has 1 aliphatic rings. The average molecular weight is 303 g/mol. The molecule has 2 unspecified atom stereocenters. The van der Waals surface area contributed by atoms with Gasteiger partial charge in [-0.25, -0.2) is 8.78 Å². The van der Waals surface area contributed by atoms with Crippen LogP contribution in [0.5, 0.6) is 0 Å². The van der Waals surface area contributed by atoms with Crippen molar-refractivity contribution < 1.29 is 18.0 Å². The molecule has 22 heavy (non-hydrogen) atoms. The van der Waals surface area contributed by atoms with E-state index in [0.29, 0.717) is 17.6 Å². The number of hydrogen-bond acceptors (Lipinski definition) is 2. The third kappa shape index (κ3) is 3.42. The summed E-state index contributed by atoms with van der Waals surface area (Å²) in [6, 6.07) is 6.55.